The Kier molecular flexibility index (Phi) is 4.28. The molecule has 1 atom stereocenters. The number of hydrogen-bond acceptors (Lipinski definition) is 2. The molecular weight excluding hydrogens is 301 g/mol. The number of anilines is 1. The predicted octanol–water partition coefficient (Wildman–Crippen LogP) is 5.14. The van der Waals surface area contributed by atoms with Crippen molar-refractivity contribution in [2.75, 3.05) is 11.4 Å². The highest BCUT2D eigenvalue weighted by molar-refractivity contribution is 5.51. The molecule has 3 rings (SSSR count). The van der Waals surface area contributed by atoms with E-state index >= 15 is 0 Å². The molecule has 122 valence electrons. The summed E-state index contributed by atoms with van der Waals surface area (Å²) in [6.07, 6.45) is -0.207. The molecule has 0 aliphatic carbocycles. The number of rotatable bonds is 2. The van der Waals surface area contributed by atoms with E-state index in [2.05, 4.69) is 11.1 Å². The van der Waals surface area contributed by atoms with Crippen LogP contribution in [0.4, 0.5) is 19.0 Å². The normalized spacial score (nSPS) is 19.0. The van der Waals surface area contributed by atoms with E-state index < -0.39 is 11.7 Å². The van der Waals surface area contributed by atoms with Crippen LogP contribution in [0.15, 0.2) is 42.6 Å². The number of aromatic nitrogens is 1. The van der Waals surface area contributed by atoms with Gasteiger partial charge in [0.1, 0.15) is 5.82 Å². The number of benzene rings is 1. The SMILES string of the molecule is Cc1cccc(C2CCCCN2c2ncccc2C(F)(F)F)c1. The maximum Gasteiger partial charge on any atom is 0.419 e. The summed E-state index contributed by atoms with van der Waals surface area (Å²) in [4.78, 5) is 5.89. The predicted molar refractivity (Wildman–Crippen MR) is 84.4 cm³/mol. The van der Waals surface area contributed by atoms with Gasteiger partial charge < -0.3 is 4.90 Å². The number of aryl methyl sites for hydroxylation is 1. The van der Waals surface area contributed by atoms with Gasteiger partial charge in [-0.1, -0.05) is 29.8 Å². The van der Waals surface area contributed by atoms with Crippen molar-refractivity contribution in [2.24, 2.45) is 0 Å². The van der Waals surface area contributed by atoms with Crippen molar-refractivity contribution in [3.63, 3.8) is 0 Å². The Hall–Kier alpha value is -2.04. The summed E-state index contributed by atoms with van der Waals surface area (Å²) in [7, 11) is 0. The Labute approximate surface area is 134 Å². The molecule has 0 N–H and O–H groups in total. The molecule has 2 heterocycles. The average molecular weight is 320 g/mol. The third kappa shape index (κ3) is 3.33. The van der Waals surface area contributed by atoms with E-state index in [0.29, 0.717) is 6.54 Å². The van der Waals surface area contributed by atoms with Crippen molar-refractivity contribution < 1.29 is 13.2 Å². The molecule has 23 heavy (non-hydrogen) atoms. The summed E-state index contributed by atoms with van der Waals surface area (Å²) >= 11 is 0. The van der Waals surface area contributed by atoms with Crippen molar-refractivity contribution in [1.82, 2.24) is 4.98 Å². The summed E-state index contributed by atoms with van der Waals surface area (Å²) in [5.74, 6) is 0.0474. The van der Waals surface area contributed by atoms with Gasteiger partial charge in [-0.2, -0.15) is 13.2 Å². The molecule has 1 aliphatic heterocycles. The smallest absolute Gasteiger partial charge is 0.349 e. The Bertz CT molecular complexity index is 682. The quantitative estimate of drug-likeness (QED) is 0.761. The van der Waals surface area contributed by atoms with E-state index in [1.54, 1.807) is 0 Å². The first-order valence-corrected chi connectivity index (χ1v) is 7.82. The molecule has 1 aromatic carbocycles. The van der Waals surface area contributed by atoms with Crippen molar-refractivity contribution >= 4 is 5.82 Å². The fourth-order valence-electron chi connectivity index (χ4n) is 3.26. The lowest BCUT2D eigenvalue weighted by Crippen LogP contribution is -2.35. The van der Waals surface area contributed by atoms with Crippen molar-refractivity contribution in [2.45, 2.75) is 38.4 Å². The van der Waals surface area contributed by atoms with Crippen LogP contribution in [0.3, 0.4) is 0 Å². The Morgan fingerprint density at radius 3 is 2.70 bits per heavy atom. The molecule has 0 amide bonds. The van der Waals surface area contributed by atoms with Crippen LogP contribution in [0, 0.1) is 6.92 Å². The highest BCUT2D eigenvalue weighted by atomic mass is 19.4. The van der Waals surface area contributed by atoms with Gasteiger partial charge in [0.05, 0.1) is 11.6 Å². The second-order valence-corrected chi connectivity index (χ2v) is 5.99. The van der Waals surface area contributed by atoms with Crippen LogP contribution in [-0.4, -0.2) is 11.5 Å². The zero-order chi connectivity index (χ0) is 16.4. The standard InChI is InChI=1S/C18H19F3N2/c1-13-6-4-7-14(12-13)16-9-2-3-11-23(16)17-15(18(19,20)21)8-5-10-22-17/h4-8,10,12,16H,2-3,9,11H2,1H3. The van der Waals surface area contributed by atoms with Crippen molar-refractivity contribution in [1.29, 1.82) is 0 Å². The maximum atomic E-state index is 13.3. The minimum absolute atomic E-state index is 0.0474. The average Bonchev–Trinajstić information content (AvgIpc) is 2.54. The molecule has 5 heteroatoms. The van der Waals surface area contributed by atoms with Gasteiger partial charge in [-0.15, -0.1) is 0 Å². The van der Waals surface area contributed by atoms with Gasteiger partial charge in [0, 0.05) is 12.7 Å². The van der Waals surface area contributed by atoms with Crippen LogP contribution >= 0.6 is 0 Å². The second kappa shape index (κ2) is 6.22. The lowest BCUT2D eigenvalue weighted by molar-refractivity contribution is -0.137. The fraction of sp³-hybridized carbons (Fsp3) is 0.389. The molecule has 0 spiro atoms. The minimum Gasteiger partial charge on any atom is -0.349 e. The summed E-state index contributed by atoms with van der Waals surface area (Å²) in [5.41, 5.74) is 1.52. The van der Waals surface area contributed by atoms with Crippen LogP contribution in [0.1, 0.15) is 42.0 Å². The van der Waals surface area contributed by atoms with E-state index in [-0.39, 0.29) is 11.9 Å². The molecule has 1 unspecified atom stereocenters. The Morgan fingerprint density at radius 2 is 1.96 bits per heavy atom. The van der Waals surface area contributed by atoms with E-state index in [1.807, 2.05) is 30.0 Å². The molecule has 1 saturated heterocycles. The summed E-state index contributed by atoms with van der Waals surface area (Å²) in [5, 5.41) is 0. The summed E-state index contributed by atoms with van der Waals surface area (Å²) < 4.78 is 40.0. The number of pyridine rings is 1. The molecule has 0 radical (unpaired) electrons. The van der Waals surface area contributed by atoms with E-state index in [4.69, 9.17) is 0 Å². The summed E-state index contributed by atoms with van der Waals surface area (Å²) in [6.45, 7) is 2.59. The van der Waals surface area contributed by atoms with Crippen molar-refractivity contribution in [3.05, 3.63) is 59.3 Å². The highest BCUT2D eigenvalue weighted by Gasteiger charge is 2.37. The van der Waals surface area contributed by atoms with E-state index in [1.165, 1.54) is 12.3 Å². The van der Waals surface area contributed by atoms with Gasteiger partial charge in [-0.25, -0.2) is 4.98 Å². The topological polar surface area (TPSA) is 16.1 Å². The molecule has 1 aliphatic rings. The number of piperidine rings is 1. The lowest BCUT2D eigenvalue weighted by atomic mass is 9.94. The van der Waals surface area contributed by atoms with Gasteiger partial charge >= 0.3 is 6.18 Å². The molecular formula is C18H19F3N2. The number of hydrogen-bond donors (Lipinski definition) is 0. The minimum atomic E-state index is -4.39. The molecule has 2 aromatic rings. The first kappa shape index (κ1) is 15.8. The number of nitrogens with zero attached hydrogens (tertiary/aromatic N) is 2. The van der Waals surface area contributed by atoms with E-state index in [0.717, 1.165) is 36.5 Å². The number of alkyl halides is 3. The number of halogens is 3. The maximum absolute atomic E-state index is 13.3. The fourth-order valence-corrected chi connectivity index (χ4v) is 3.26. The van der Waals surface area contributed by atoms with Crippen LogP contribution in [-0.2, 0) is 6.18 Å². The molecule has 0 saturated carbocycles. The first-order valence-electron chi connectivity index (χ1n) is 7.82. The van der Waals surface area contributed by atoms with Crippen LogP contribution in [0.2, 0.25) is 0 Å². The largest absolute Gasteiger partial charge is 0.419 e. The van der Waals surface area contributed by atoms with Gasteiger partial charge in [0.15, 0.2) is 0 Å². The van der Waals surface area contributed by atoms with Gasteiger partial charge in [-0.3, -0.25) is 0 Å². The van der Waals surface area contributed by atoms with Crippen LogP contribution in [0.5, 0.6) is 0 Å². The van der Waals surface area contributed by atoms with Crippen molar-refractivity contribution in [3.8, 4) is 0 Å². The van der Waals surface area contributed by atoms with Gasteiger partial charge in [0.2, 0.25) is 0 Å². The van der Waals surface area contributed by atoms with Gasteiger partial charge in [0.25, 0.3) is 0 Å². The zero-order valence-electron chi connectivity index (χ0n) is 13.0. The van der Waals surface area contributed by atoms with Crippen LogP contribution < -0.4 is 4.90 Å². The molecule has 2 nitrogen and oxygen atoms in total. The Morgan fingerprint density at radius 1 is 1.13 bits per heavy atom. The first-order chi connectivity index (χ1) is 11.0. The third-order valence-electron chi connectivity index (χ3n) is 4.29. The highest BCUT2D eigenvalue weighted by Crippen LogP contribution is 2.41. The third-order valence-corrected chi connectivity index (χ3v) is 4.29. The monoisotopic (exact) mass is 320 g/mol. The molecule has 1 fully saturated rings. The van der Waals surface area contributed by atoms with E-state index in [9.17, 15) is 13.2 Å². The summed E-state index contributed by atoms with van der Waals surface area (Å²) in [6, 6.07) is 10.4. The second-order valence-electron chi connectivity index (χ2n) is 5.99. The van der Waals surface area contributed by atoms with Gasteiger partial charge in [-0.05, 0) is 43.9 Å². The Balaban J connectivity index is 2.03. The molecule has 1 aromatic heterocycles. The van der Waals surface area contributed by atoms with Crippen LogP contribution in [0.25, 0.3) is 0 Å². The lowest BCUT2D eigenvalue weighted by Gasteiger charge is -2.38. The molecule has 0 bridgehead atoms. The zero-order valence-corrected chi connectivity index (χ0v) is 13.0.